The molecule has 1 aliphatic carbocycles. The molecule has 0 bridgehead atoms. The number of rotatable bonds is 1. The maximum Gasteiger partial charge on any atom is 0.0959 e. The largest absolute Gasteiger partial charge is 0.345 e. The van der Waals surface area contributed by atoms with Crippen molar-refractivity contribution >= 4 is 12.2 Å². The van der Waals surface area contributed by atoms with Crippen molar-refractivity contribution in [1.29, 1.82) is 0 Å². The number of H-pyrrole nitrogens is 1. The van der Waals surface area contributed by atoms with Gasteiger partial charge in [-0.15, -0.1) is 5.73 Å². The molecule has 0 aliphatic heterocycles. The fraction of sp³-hybridized carbons (Fsp3) is 0.273. The summed E-state index contributed by atoms with van der Waals surface area (Å²) in [4.78, 5) is 7.28. The van der Waals surface area contributed by atoms with Crippen LogP contribution < -0.4 is 0 Å². The second-order valence-electron chi connectivity index (χ2n) is 3.46. The molecule has 0 saturated carbocycles. The Kier molecular flexibility index (Phi) is 1.91. The van der Waals surface area contributed by atoms with E-state index in [1.54, 1.807) is 6.33 Å². The number of hydrogen-bond donors (Lipinski definition) is 1. The van der Waals surface area contributed by atoms with Crippen LogP contribution in [-0.4, -0.2) is 9.97 Å². The molecule has 1 aliphatic rings. The molecule has 1 aromatic heterocycles. The van der Waals surface area contributed by atoms with E-state index >= 15 is 0 Å². The average Bonchev–Trinajstić information content (AvgIpc) is 2.42. The highest BCUT2D eigenvalue weighted by Gasteiger charge is 2.05. The quantitative estimate of drug-likeness (QED) is 0.648. The maximum absolute atomic E-state index is 4.17. The van der Waals surface area contributed by atoms with Crippen LogP contribution in [0.2, 0.25) is 0 Å². The topological polar surface area (TPSA) is 28.7 Å². The highest BCUT2D eigenvalue weighted by Crippen LogP contribution is 2.19. The first-order valence-corrected chi connectivity index (χ1v) is 4.45. The zero-order valence-electron chi connectivity index (χ0n) is 7.83. The smallest absolute Gasteiger partial charge is 0.0959 e. The van der Waals surface area contributed by atoms with E-state index in [-0.39, 0.29) is 0 Å². The molecule has 0 fully saturated rings. The minimum absolute atomic E-state index is 0.523. The van der Waals surface area contributed by atoms with Gasteiger partial charge >= 0.3 is 0 Å². The summed E-state index contributed by atoms with van der Waals surface area (Å²) in [5.41, 5.74) is 6.44. The molecular weight excluding hydrogens is 160 g/mol. The molecule has 66 valence electrons. The lowest BCUT2D eigenvalue weighted by atomic mass is 10.0. The van der Waals surface area contributed by atoms with Crippen LogP contribution in [0.4, 0.5) is 0 Å². The minimum atomic E-state index is 0.523. The first-order chi connectivity index (χ1) is 6.27. The number of fused-ring (bicyclic) bond motifs is 1. The van der Waals surface area contributed by atoms with Gasteiger partial charge in [0.1, 0.15) is 0 Å². The molecule has 1 N–H and O–H groups in total. The Labute approximate surface area is 77.7 Å². The van der Waals surface area contributed by atoms with E-state index in [0.29, 0.717) is 5.92 Å². The molecule has 1 aromatic rings. The normalized spacial score (nSPS) is 14.2. The molecule has 0 amide bonds. The number of aromatic amines is 1. The average molecular weight is 172 g/mol. The van der Waals surface area contributed by atoms with E-state index in [1.807, 2.05) is 12.2 Å². The number of aromatic nitrogens is 2. The molecule has 1 heterocycles. The Hall–Kier alpha value is -1.53. The fourth-order valence-electron chi connectivity index (χ4n) is 1.30. The summed E-state index contributed by atoms with van der Waals surface area (Å²) in [6.07, 6.45) is 7.75. The predicted molar refractivity (Wildman–Crippen MR) is 53.9 cm³/mol. The van der Waals surface area contributed by atoms with Gasteiger partial charge < -0.3 is 4.98 Å². The van der Waals surface area contributed by atoms with Crippen LogP contribution in [0.5, 0.6) is 0 Å². The van der Waals surface area contributed by atoms with Crippen molar-refractivity contribution in [3.8, 4) is 0 Å². The van der Waals surface area contributed by atoms with Crippen molar-refractivity contribution < 1.29 is 0 Å². The summed E-state index contributed by atoms with van der Waals surface area (Å²) in [5, 5.41) is 0. The Bertz CT molecular complexity index is 401. The summed E-state index contributed by atoms with van der Waals surface area (Å²) >= 11 is 0. The van der Waals surface area contributed by atoms with Crippen molar-refractivity contribution in [3.63, 3.8) is 0 Å². The zero-order chi connectivity index (χ0) is 9.26. The van der Waals surface area contributed by atoms with Gasteiger partial charge in [0.15, 0.2) is 0 Å². The lowest BCUT2D eigenvalue weighted by molar-refractivity contribution is 0.797. The van der Waals surface area contributed by atoms with Gasteiger partial charge in [0.2, 0.25) is 0 Å². The van der Waals surface area contributed by atoms with E-state index in [0.717, 1.165) is 11.4 Å². The fourth-order valence-corrected chi connectivity index (χ4v) is 1.30. The van der Waals surface area contributed by atoms with E-state index < -0.39 is 0 Å². The lowest BCUT2D eigenvalue weighted by Crippen LogP contribution is -1.89. The molecule has 2 rings (SSSR count). The van der Waals surface area contributed by atoms with Crippen molar-refractivity contribution in [3.05, 3.63) is 35.1 Å². The van der Waals surface area contributed by atoms with Crippen LogP contribution in [0.25, 0.3) is 12.2 Å². The molecule has 0 saturated heterocycles. The van der Waals surface area contributed by atoms with Gasteiger partial charge in [-0.05, 0) is 23.6 Å². The summed E-state index contributed by atoms with van der Waals surface area (Å²) in [7, 11) is 0. The Morgan fingerprint density at radius 1 is 1.38 bits per heavy atom. The number of nitrogens with zero attached hydrogens (tertiary/aromatic N) is 1. The van der Waals surface area contributed by atoms with Crippen molar-refractivity contribution in [1.82, 2.24) is 9.97 Å². The standard InChI is InChI=1S/C11H12N2/c1-8(2)9-4-3-5-10-11(6-9)13-7-12-10/h4-8H,1-2H3,(H,12,13). The predicted octanol–water partition coefficient (Wildman–Crippen LogP) is 2.63. The third-order valence-electron chi connectivity index (χ3n) is 2.15. The molecular formula is C11H12N2. The van der Waals surface area contributed by atoms with E-state index in [1.165, 1.54) is 5.57 Å². The molecule has 0 atom stereocenters. The highest BCUT2D eigenvalue weighted by molar-refractivity contribution is 5.65. The molecule has 0 aromatic carbocycles. The SMILES string of the molecule is CC(C)C1=Cc2[nH]cnc2C=C=C1. The Balaban J connectivity index is 2.52. The van der Waals surface area contributed by atoms with Gasteiger partial charge in [-0.3, -0.25) is 0 Å². The van der Waals surface area contributed by atoms with Crippen LogP contribution in [0.15, 0.2) is 23.7 Å². The molecule has 0 spiro atoms. The van der Waals surface area contributed by atoms with Crippen molar-refractivity contribution in [2.24, 2.45) is 5.92 Å². The molecule has 0 unspecified atom stereocenters. The van der Waals surface area contributed by atoms with E-state index in [9.17, 15) is 0 Å². The highest BCUT2D eigenvalue weighted by atomic mass is 14.9. The van der Waals surface area contributed by atoms with Crippen molar-refractivity contribution in [2.45, 2.75) is 13.8 Å². The molecule has 13 heavy (non-hydrogen) atoms. The number of hydrogen-bond acceptors (Lipinski definition) is 1. The number of nitrogens with one attached hydrogen (secondary N) is 1. The molecule has 2 heteroatoms. The van der Waals surface area contributed by atoms with Gasteiger partial charge in [-0.1, -0.05) is 13.8 Å². The Morgan fingerprint density at radius 3 is 3.00 bits per heavy atom. The van der Waals surface area contributed by atoms with Crippen LogP contribution in [0.3, 0.4) is 0 Å². The van der Waals surface area contributed by atoms with Gasteiger partial charge in [-0.2, -0.15) is 0 Å². The van der Waals surface area contributed by atoms with Crippen molar-refractivity contribution in [2.75, 3.05) is 0 Å². The first-order valence-electron chi connectivity index (χ1n) is 4.45. The third kappa shape index (κ3) is 1.49. The summed E-state index contributed by atoms with van der Waals surface area (Å²) in [5.74, 6) is 0.523. The third-order valence-corrected chi connectivity index (χ3v) is 2.15. The number of imidazole rings is 1. The second-order valence-corrected chi connectivity index (χ2v) is 3.46. The van der Waals surface area contributed by atoms with E-state index in [4.69, 9.17) is 0 Å². The van der Waals surface area contributed by atoms with Crippen LogP contribution in [0, 0.1) is 5.92 Å². The van der Waals surface area contributed by atoms with Gasteiger partial charge in [-0.25, -0.2) is 4.98 Å². The van der Waals surface area contributed by atoms with Crippen LogP contribution >= 0.6 is 0 Å². The zero-order valence-corrected chi connectivity index (χ0v) is 7.83. The Morgan fingerprint density at radius 2 is 2.23 bits per heavy atom. The second kappa shape index (κ2) is 3.08. The van der Waals surface area contributed by atoms with Gasteiger partial charge in [0.05, 0.1) is 17.7 Å². The van der Waals surface area contributed by atoms with Gasteiger partial charge in [0, 0.05) is 6.08 Å². The van der Waals surface area contributed by atoms with Crippen LogP contribution in [-0.2, 0) is 0 Å². The summed E-state index contributed by atoms with van der Waals surface area (Å²) < 4.78 is 0. The summed E-state index contributed by atoms with van der Waals surface area (Å²) in [6.45, 7) is 4.34. The van der Waals surface area contributed by atoms with Gasteiger partial charge in [0.25, 0.3) is 0 Å². The molecule has 0 radical (unpaired) electrons. The maximum atomic E-state index is 4.17. The number of allylic oxidation sites excluding steroid dienone is 2. The first kappa shape index (κ1) is 8.09. The van der Waals surface area contributed by atoms with Crippen LogP contribution in [0.1, 0.15) is 25.2 Å². The molecule has 2 nitrogen and oxygen atoms in total. The lowest BCUT2D eigenvalue weighted by Gasteiger charge is -2.03. The summed E-state index contributed by atoms with van der Waals surface area (Å²) in [6, 6.07) is 0. The monoisotopic (exact) mass is 172 g/mol. The minimum Gasteiger partial charge on any atom is -0.345 e. The van der Waals surface area contributed by atoms with E-state index in [2.05, 4.69) is 35.6 Å².